The smallest absolute Gasteiger partial charge is 0.241 e. The first-order chi connectivity index (χ1) is 9.70. The maximum absolute atomic E-state index is 12.0. The molecule has 1 aromatic rings. The van der Waals surface area contributed by atoms with Crippen LogP contribution in [0.15, 0.2) is 24.5 Å². The summed E-state index contributed by atoms with van der Waals surface area (Å²) >= 11 is 0. The van der Waals surface area contributed by atoms with Gasteiger partial charge in [-0.2, -0.15) is 0 Å². The topological polar surface area (TPSA) is 77.7 Å². The molecule has 1 amide bonds. The van der Waals surface area contributed by atoms with Crippen molar-refractivity contribution >= 4 is 18.3 Å². The Hall–Kier alpha value is -1.21. The van der Waals surface area contributed by atoms with E-state index in [1.807, 2.05) is 12.1 Å². The predicted octanol–water partition coefficient (Wildman–Crippen LogP) is 0.595. The molecule has 0 aliphatic carbocycles. The van der Waals surface area contributed by atoms with Crippen molar-refractivity contribution in [1.29, 1.82) is 0 Å². The van der Waals surface area contributed by atoms with Gasteiger partial charge < -0.3 is 20.1 Å². The van der Waals surface area contributed by atoms with Crippen LogP contribution in [-0.2, 0) is 20.9 Å². The van der Waals surface area contributed by atoms with E-state index in [4.69, 9.17) is 15.2 Å². The standard InChI is InChI=1S/C14H21N3O3.ClH/c1-19-10-13(15)14(18)17-7-4-12(8-17)20-9-11-2-5-16-6-3-11;/h2-3,5-6,12-13H,4,7-10,15H2,1H3;1H. The average molecular weight is 316 g/mol. The normalized spacial score (nSPS) is 19.1. The van der Waals surface area contributed by atoms with Crippen LogP contribution in [0.25, 0.3) is 0 Å². The minimum atomic E-state index is -0.584. The van der Waals surface area contributed by atoms with E-state index in [2.05, 4.69) is 4.98 Å². The van der Waals surface area contributed by atoms with Crippen molar-refractivity contribution in [3.05, 3.63) is 30.1 Å². The lowest BCUT2D eigenvalue weighted by Gasteiger charge is -2.20. The first-order valence-corrected chi connectivity index (χ1v) is 6.74. The molecule has 2 heterocycles. The molecule has 118 valence electrons. The highest BCUT2D eigenvalue weighted by Crippen LogP contribution is 2.15. The van der Waals surface area contributed by atoms with E-state index < -0.39 is 6.04 Å². The highest BCUT2D eigenvalue weighted by molar-refractivity contribution is 5.85. The number of carbonyl (C=O) groups is 1. The van der Waals surface area contributed by atoms with Gasteiger partial charge in [0.25, 0.3) is 0 Å². The summed E-state index contributed by atoms with van der Waals surface area (Å²) in [6, 6.07) is 3.26. The fraction of sp³-hybridized carbons (Fsp3) is 0.571. The largest absolute Gasteiger partial charge is 0.383 e. The molecule has 6 nitrogen and oxygen atoms in total. The number of hydrogen-bond acceptors (Lipinski definition) is 5. The van der Waals surface area contributed by atoms with E-state index in [9.17, 15) is 4.79 Å². The molecule has 1 aliphatic heterocycles. The van der Waals surface area contributed by atoms with Gasteiger partial charge in [-0.3, -0.25) is 9.78 Å². The van der Waals surface area contributed by atoms with Crippen molar-refractivity contribution < 1.29 is 14.3 Å². The zero-order chi connectivity index (χ0) is 14.4. The fourth-order valence-electron chi connectivity index (χ4n) is 2.24. The maximum Gasteiger partial charge on any atom is 0.241 e. The van der Waals surface area contributed by atoms with Crippen molar-refractivity contribution in [3.8, 4) is 0 Å². The van der Waals surface area contributed by atoms with Crippen molar-refractivity contribution in [3.63, 3.8) is 0 Å². The van der Waals surface area contributed by atoms with Gasteiger partial charge in [-0.1, -0.05) is 0 Å². The number of ether oxygens (including phenoxy) is 2. The fourth-order valence-corrected chi connectivity index (χ4v) is 2.24. The summed E-state index contributed by atoms with van der Waals surface area (Å²) in [6.45, 7) is 2.08. The molecule has 0 saturated carbocycles. The molecule has 1 saturated heterocycles. The number of halogens is 1. The zero-order valence-electron chi connectivity index (χ0n) is 12.1. The van der Waals surface area contributed by atoms with Crippen molar-refractivity contribution in [1.82, 2.24) is 9.88 Å². The number of carbonyl (C=O) groups excluding carboxylic acids is 1. The van der Waals surface area contributed by atoms with Gasteiger partial charge in [-0.25, -0.2) is 0 Å². The molecule has 0 bridgehead atoms. The molecule has 21 heavy (non-hydrogen) atoms. The Labute approximate surface area is 131 Å². The molecule has 2 atom stereocenters. The van der Waals surface area contributed by atoms with Crippen LogP contribution in [-0.4, -0.2) is 54.7 Å². The molecule has 2 unspecified atom stereocenters. The molecular formula is C14H22ClN3O3. The van der Waals surface area contributed by atoms with Crippen LogP contribution in [0.3, 0.4) is 0 Å². The first kappa shape index (κ1) is 17.8. The third-order valence-electron chi connectivity index (χ3n) is 3.36. The van der Waals surface area contributed by atoms with Gasteiger partial charge in [0.1, 0.15) is 6.04 Å². The van der Waals surface area contributed by atoms with Crippen molar-refractivity contribution in [2.45, 2.75) is 25.2 Å². The SMILES string of the molecule is COCC(N)C(=O)N1CCC(OCc2ccncc2)C1.Cl. The van der Waals surface area contributed by atoms with Gasteiger partial charge in [-0.05, 0) is 24.1 Å². The Morgan fingerprint density at radius 1 is 1.52 bits per heavy atom. The quantitative estimate of drug-likeness (QED) is 0.831. The van der Waals surface area contributed by atoms with Gasteiger partial charge in [-0.15, -0.1) is 12.4 Å². The van der Waals surface area contributed by atoms with Gasteiger partial charge in [0.05, 0.1) is 19.3 Å². The number of amides is 1. The summed E-state index contributed by atoms with van der Waals surface area (Å²) in [7, 11) is 1.54. The van der Waals surface area contributed by atoms with Gasteiger partial charge in [0, 0.05) is 32.6 Å². The number of pyridine rings is 1. The third-order valence-corrected chi connectivity index (χ3v) is 3.36. The predicted molar refractivity (Wildman–Crippen MR) is 81.1 cm³/mol. The lowest BCUT2D eigenvalue weighted by molar-refractivity contribution is -0.133. The Morgan fingerprint density at radius 3 is 2.90 bits per heavy atom. The Morgan fingerprint density at radius 2 is 2.24 bits per heavy atom. The minimum Gasteiger partial charge on any atom is -0.383 e. The Bertz CT molecular complexity index is 433. The second-order valence-electron chi connectivity index (χ2n) is 4.92. The summed E-state index contributed by atoms with van der Waals surface area (Å²) in [5.41, 5.74) is 6.84. The average Bonchev–Trinajstić information content (AvgIpc) is 2.94. The van der Waals surface area contributed by atoms with E-state index in [0.29, 0.717) is 19.7 Å². The number of hydrogen-bond donors (Lipinski definition) is 1. The molecule has 1 fully saturated rings. The molecular weight excluding hydrogens is 294 g/mol. The van der Waals surface area contributed by atoms with E-state index in [0.717, 1.165) is 12.0 Å². The van der Waals surface area contributed by atoms with Crippen molar-refractivity contribution in [2.75, 3.05) is 26.8 Å². The second-order valence-corrected chi connectivity index (χ2v) is 4.92. The Balaban J connectivity index is 0.00000220. The molecule has 7 heteroatoms. The van der Waals surface area contributed by atoms with Crippen LogP contribution >= 0.6 is 12.4 Å². The van der Waals surface area contributed by atoms with Crippen LogP contribution in [0.2, 0.25) is 0 Å². The highest BCUT2D eigenvalue weighted by atomic mass is 35.5. The third kappa shape index (κ3) is 5.24. The summed E-state index contributed by atoms with van der Waals surface area (Å²) < 4.78 is 10.7. The van der Waals surface area contributed by atoms with Gasteiger partial charge >= 0.3 is 0 Å². The zero-order valence-corrected chi connectivity index (χ0v) is 12.9. The minimum absolute atomic E-state index is 0. The summed E-state index contributed by atoms with van der Waals surface area (Å²) in [5.74, 6) is -0.0677. The number of methoxy groups -OCH3 is 1. The van der Waals surface area contributed by atoms with Crippen LogP contribution in [0.4, 0.5) is 0 Å². The van der Waals surface area contributed by atoms with E-state index >= 15 is 0 Å². The Kier molecular flexibility index (Phi) is 7.60. The van der Waals surface area contributed by atoms with E-state index in [1.165, 1.54) is 7.11 Å². The number of nitrogens with two attached hydrogens (primary N) is 1. The number of aromatic nitrogens is 1. The van der Waals surface area contributed by atoms with Crippen LogP contribution in [0.5, 0.6) is 0 Å². The van der Waals surface area contributed by atoms with Crippen LogP contribution in [0.1, 0.15) is 12.0 Å². The number of nitrogens with zero attached hydrogens (tertiary/aromatic N) is 2. The summed E-state index contributed by atoms with van der Waals surface area (Å²) in [5, 5.41) is 0. The van der Waals surface area contributed by atoms with E-state index in [-0.39, 0.29) is 31.0 Å². The van der Waals surface area contributed by atoms with E-state index in [1.54, 1.807) is 17.3 Å². The lowest BCUT2D eigenvalue weighted by Crippen LogP contribution is -2.45. The monoisotopic (exact) mass is 315 g/mol. The molecule has 0 spiro atoms. The molecule has 0 radical (unpaired) electrons. The second kappa shape index (κ2) is 8.94. The highest BCUT2D eigenvalue weighted by Gasteiger charge is 2.29. The summed E-state index contributed by atoms with van der Waals surface area (Å²) in [4.78, 5) is 17.7. The number of likely N-dealkylation sites (tertiary alicyclic amines) is 1. The van der Waals surface area contributed by atoms with Gasteiger partial charge in [0.2, 0.25) is 5.91 Å². The molecule has 2 N–H and O–H groups in total. The molecule has 1 aliphatic rings. The molecule has 0 aromatic carbocycles. The maximum atomic E-state index is 12.0. The first-order valence-electron chi connectivity index (χ1n) is 6.74. The van der Waals surface area contributed by atoms with Crippen molar-refractivity contribution in [2.24, 2.45) is 5.73 Å². The summed E-state index contributed by atoms with van der Waals surface area (Å²) in [6.07, 6.45) is 4.40. The van der Waals surface area contributed by atoms with Crippen LogP contribution in [0, 0.1) is 0 Å². The van der Waals surface area contributed by atoms with Crippen LogP contribution < -0.4 is 5.73 Å². The lowest BCUT2D eigenvalue weighted by atomic mass is 10.3. The number of rotatable bonds is 6. The molecule has 1 aromatic heterocycles. The molecule has 2 rings (SSSR count). The van der Waals surface area contributed by atoms with Gasteiger partial charge in [0.15, 0.2) is 0 Å².